The van der Waals surface area contributed by atoms with E-state index in [1.807, 2.05) is 13.8 Å². The molecular formula is C16H25N6O8P. The van der Waals surface area contributed by atoms with Crippen LogP contribution in [0, 0.1) is 5.92 Å². The maximum absolute atomic E-state index is 12.1. The summed E-state index contributed by atoms with van der Waals surface area (Å²) in [6, 6.07) is -1.09. The maximum Gasteiger partial charge on any atom is 0.529 e. The number of phosphoric acid groups is 1. The molecule has 1 saturated heterocycles. The normalized spacial score (nSPS) is 26.8. The summed E-state index contributed by atoms with van der Waals surface area (Å²) in [6.07, 6.45) is -2.53. The van der Waals surface area contributed by atoms with Crippen LogP contribution in [0.15, 0.2) is 12.7 Å². The molecule has 14 nitrogen and oxygen atoms in total. The summed E-state index contributed by atoms with van der Waals surface area (Å²) in [5.74, 6) is -0.898. The van der Waals surface area contributed by atoms with Gasteiger partial charge in [-0.15, -0.1) is 0 Å². The number of aromatic nitrogens is 4. The molecule has 15 heteroatoms. The fourth-order valence-corrected chi connectivity index (χ4v) is 3.88. The number of carbonyl (C=O) groups is 1. The predicted molar refractivity (Wildman–Crippen MR) is 105 cm³/mol. The van der Waals surface area contributed by atoms with Crippen LogP contribution in [0.5, 0.6) is 0 Å². The van der Waals surface area contributed by atoms with Crippen LogP contribution in [0.25, 0.3) is 11.2 Å². The van der Waals surface area contributed by atoms with Crippen molar-refractivity contribution in [2.45, 2.75) is 50.8 Å². The van der Waals surface area contributed by atoms with Crippen LogP contribution in [0.3, 0.4) is 0 Å². The molecule has 6 atom stereocenters. The molecule has 7 N–H and O–H groups in total. The van der Waals surface area contributed by atoms with Crippen LogP contribution in [0.1, 0.15) is 26.5 Å². The Morgan fingerprint density at radius 3 is 2.71 bits per heavy atom. The Labute approximate surface area is 176 Å². The van der Waals surface area contributed by atoms with Gasteiger partial charge in [-0.2, -0.15) is 0 Å². The van der Waals surface area contributed by atoms with Gasteiger partial charge in [0.15, 0.2) is 17.7 Å². The summed E-state index contributed by atoms with van der Waals surface area (Å²) >= 11 is 0. The number of aliphatic hydroxyl groups is 2. The molecule has 0 aliphatic carbocycles. The minimum absolute atomic E-state index is 0.0712. The number of carbonyl (C=O) groups excluding carboxylic acids is 1. The number of nitrogen functional groups attached to an aromatic ring is 1. The lowest BCUT2D eigenvalue weighted by Gasteiger charge is -2.19. The van der Waals surface area contributed by atoms with E-state index in [-0.39, 0.29) is 29.3 Å². The Balaban J connectivity index is 1.64. The fourth-order valence-electron chi connectivity index (χ4n) is 3.13. The summed E-state index contributed by atoms with van der Waals surface area (Å²) in [5, 5.41) is 20.6. The SMILES string of the molecule is CC(C)C[C@H](N)C(=O)OP(=O)(O)OC[C@H]1O[C@@H](n2cnc3c(N)ncnc32)[C@H](O)[C@@H]1O. The third-order valence-electron chi connectivity index (χ3n) is 4.63. The van der Waals surface area contributed by atoms with E-state index < -0.39 is 51.0 Å². The second-order valence-corrected chi connectivity index (χ2v) is 8.92. The standard InChI is InChI=1S/C16H25N6O8P/c1-7(2)3-8(17)16(25)30-31(26,27)28-4-9-11(23)12(24)15(29-9)22-6-21-10-13(18)19-5-20-14(10)22/h5-9,11-12,15,23-24H,3-4,17H2,1-2H3,(H,26,27)(H2,18,19,20)/t8-,9+,11+,12+,15+/m0/s1. The van der Waals surface area contributed by atoms with Gasteiger partial charge in [-0.25, -0.2) is 24.3 Å². The Morgan fingerprint density at radius 2 is 2.03 bits per heavy atom. The second-order valence-electron chi connectivity index (χ2n) is 7.54. The molecule has 0 aromatic carbocycles. The van der Waals surface area contributed by atoms with Gasteiger partial charge in [0.1, 0.15) is 36.2 Å². The number of hydrogen-bond donors (Lipinski definition) is 5. The highest BCUT2D eigenvalue weighted by Gasteiger charge is 2.45. The summed E-state index contributed by atoms with van der Waals surface area (Å²) in [4.78, 5) is 33.6. The smallest absolute Gasteiger partial charge is 0.387 e. The molecule has 2 aromatic heterocycles. The highest BCUT2D eigenvalue weighted by molar-refractivity contribution is 7.48. The molecule has 1 aliphatic heterocycles. The Bertz CT molecular complexity index is 986. The van der Waals surface area contributed by atoms with Gasteiger partial charge in [0, 0.05) is 0 Å². The number of nitrogens with zero attached hydrogens (tertiary/aromatic N) is 4. The van der Waals surface area contributed by atoms with Crippen molar-refractivity contribution in [2.24, 2.45) is 11.7 Å². The second kappa shape index (κ2) is 9.12. The van der Waals surface area contributed by atoms with E-state index in [1.54, 1.807) is 0 Å². The number of rotatable bonds is 8. The van der Waals surface area contributed by atoms with Gasteiger partial charge in [-0.3, -0.25) is 14.0 Å². The van der Waals surface area contributed by atoms with Gasteiger partial charge in [0.2, 0.25) is 0 Å². The molecule has 3 rings (SSSR count). The maximum atomic E-state index is 12.1. The van der Waals surface area contributed by atoms with E-state index in [0.717, 1.165) is 0 Å². The number of fused-ring (bicyclic) bond motifs is 1. The number of nitrogens with two attached hydrogens (primary N) is 2. The average molecular weight is 460 g/mol. The van der Waals surface area contributed by atoms with Crippen molar-refractivity contribution in [2.75, 3.05) is 12.3 Å². The lowest BCUT2D eigenvalue weighted by Crippen LogP contribution is -2.34. The summed E-state index contributed by atoms with van der Waals surface area (Å²) in [7, 11) is -4.83. The highest BCUT2D eigenvalue weighted by Crippen LogP contribution is 2.45. The number of aliphatic hydroxyl groups excluding tert-OH is 2. The van der Waals surface area contributed by atoms with E-state index in [4.69, 9.17) is 20.7 Å². The van der Waals surface area contributed by atoms with Gasteiger partial charge in [0.25, 0.3) is 0 Å². The van der Waals surface area contributed by atoms with E-state index >= 15 is 0 Å². The van der Waals surface area contributed by atoms with Crippen molar-refractivity contribution in [3.05, 3.63) is 12.7 Å². The van der Waals surface area contributed by atoms with Crippen molar-refractivity contribution in [3.8, 4) is 0 Å². The number of hydrogen-bond acceptors (Lipinski definition) is 12. The summed E-state index contributed by atoms with van der Waals surface area (Å²) in [5.41, 5.74) is 11.9. The molecule has 0 saturated carbocycles. The zero-order valence-corrected chi connectivity index (χ0v) is 17.7. The van der Waals surface area contributed by atoms with Crippen LogP contribution in [-0.4, -0.2) is 71.6 Å². The minimum Gasteiger partial charge on any atom is -0.387 e. The van der Waals surface area contributed by atoms with Crippen molar-refractivity contribution >= 4 is 30.8 Å². The topological polar surface area (TPSA) is 218 Å². The van der Waals surface area contributed by atoms with Crippen molar-refractivity contribution in [1.82, 2.24) is 19.5 Å². The van der Waals surface area contributed by atoms with Crippen LogP contribution in [-0.2, 0) is 23.1 Å². The van der Waals surface area contributed by atoms with Crippen LogP contribution >= 0.6 is 7.82 Å². The van der Waals surface area contributed by atoms with Gasteiger partial charge < -0.3 is 30.9 Å². The molecule has 3 heterocycles. The first-order valence-corrected chi connectivity index (χ1v) is 10.9. The molecule has 0 radical (unpaired) electrons. The van der Waals surface area contributed by atoms with Crippen LogP contribution in [0.4, 0.5) is 5.82 Å². The zero-order chi connectivity index (χ0) is 22.9. The quantitative estimate of drug-likeness (QED) is 0.301. The summed E-state index contributed by atoms with van der Waals surface area (Å²) < 4.78 is 28.2. The number of ether oxygens (including phenoxy) is 1. The van der Waals surface area contributed by atoms with Gasteiger partial charge in [-0.05, 0) is 12.3 Å². The average Bonchev–Trinajstić information content (AvgIpc) is 3.22. The minimum atomic E-state index is -4.83. The van der Waals surface area contributed by atoms with Crippen molar-refractivity contribution in [1.29, 1.82) is 0 Å². The lowest BCUT2D eigenvalue weighted by molar-refractivity contribution is -0.138. The first kappa shape index (κ1) is 23.5. The number of imidazole rings is 1. The molecule has 1 aliphatic rings. The van der Waals surface area contributed by atoms with Gasteiger partial charge >= 0.3 is 13.8 Å². The van der Waals surface area contributed by atoms with Gasteiger partial charge in [-0.1, -0.05) is 13.8 Å². The van der Waals surface area contributed by atoms with E-state index in [1.165, 1.54) is 17.2 Å². The monoisotopic (exact) mass is 460 g/mol. The van der Waals surface area contributed by atoms with Crippen LogP contribution < -0.4 is 11.5 Å². The van der Waals surface area contributed by atoms with E-state index in [2.05, 4.69) is 19.5 Å². The Kier molecular flexibility index (Phi) is 6.91. The molecule has 31 heavy (non-hydrogen) atoms. The highest BCUT2D eigenvalue weighted by atomic mass is 31.2. The molecule has 0 amide bonds. The van der Waals surface area contributed by atoms with Crippen LogP contribution in [0.2, 0.25) is 0 Å². The largest absolute Gasteiger partial charge is 0.529 e. The van der Waals surface area contributed by atoms with Crippen molar-refractivity contribution in [3.63, 3.8) is 0 Å². The lowest BCUT2D eigenvalue weighted by atomic mass is 10.1. The summed E-state index contributed by atoms with van der Waals surface area (Å²) in [6.45, 7) is 3.00. The zero-order valence-electron chi connectivity index (χ0n) is 16.8. The molecular weight excluding hydrogens is 435 g/mol. The molecule has 172 valence electrons. The first-order chi connectivity index (χ1) is 14.5. The van der Waals surface area contributed by atoms with Gasteiger partial charge in [0.05, 0.1) is 12.9 Å². The molecule has 1 unspecified atom stereocenters. The number of phosphoric ester groups is 1. The molecule has 1 fully saturated rings. The number of anilines is 1. The van der Waals surface area contributed by atoms with Crippen molar-refractivity contribution < 1.29 is 38.3 Å². The third kappa shape index (κ3) is 5.18. The Hall–Kier alpha value is -2.19. The van der Waals surface area contributed by atoms with E-state index in [9.17, 15) is 24.5 Å². The molecule has 0 spiro atoms. The first-order valence-electron chi connectivity index (χ1n) is 9.41. The Morgan fingerprint density at radius 1 is 1.32 bits per heavy atom. The van der Waals surface area contributed by atoms with E-state index in [0.29, 0.717) is 0 Å². The predicted octanol–water partition coefficient (Wildman–Crippen LogP) is -0.939. The third-order valence-corrected chi connectivity index (χ3v) is 5.52. The fraction of sp³-hybridized carbons (Fsp3) is 0.625. The molecule has 0 bridgehead atoms. The molecule has 2 aromatic rings.